The number of aromatic nitrogens is 1. The summed E-state index contributed by atoms with van der Waals surface area (Å²) >= 11 is 1.33. The van der Waals surface area contributed by atoms with Crippen molar-refractivity contribution in [1.82, 2.24) is 4.98 Å². The predicted molar refractivity (Wildman–Crippen MR) is 70.6 cm³/mol. The standard InChI is InChI=1S/C10H8F3IN2O5/c1-2-20-7(17)3-5-9(21-10(11,12)13)8(14)6(4-15-5)16(18)19/h4H,2-3H2,1H3. The van der Waals surface area contributed by atoms with Gasteiger partial charge in [0, 0.05) is 0 Å². The number of esters is 1. The van der Waals surface area contributed by atoms with E-state index < -0.39 is 38.7 Å². The molecule has 116 valence electrons. The van der Waals surface area contributed by atoms with E-state index >= 15 is 0 Å². The van der Waals surface area contributed by atoms with Gasteiger partial charge in [0.25, 0.3) is 0 Å². The molecule has 1 heterocycles. The minimum absolute atomic E-state index is 0.0400. The van der Waals surface area contributed by atoms with E-state index in [2.05, 4.69) is 14.5 Å². The number of nitro groups is 1. The van der Waals surface area contributed by atoms with Crippen molar-refractivity contribution in [3.05, 3.63) is 25.6 Å². The number of halogens is 4. The Labute approximate surface area is 129 Å². The molecule has 0 atom stereocenters. The predicted octanol–water partition coefficient (Wildman–Crippen LogP) is 2.60. The molecule has 0 unspecified atom stereocenters. The zero-order valence-electron chi connectivity index (χ0n) is 10.4. The summed E-state index contributed by atoms with van der Waals surface area (Å²) in [5.41, 5.74) is -1.04. The van der Waals surface area contributed by atoms with Gasteiger partial charge in [-0.3, -0.25) is 14.9 Å². The first-order valence-electron chi connectivity index (χ1n) is 5.38. The van der Waals surface area contributed by atoms with Gasteiger partial charge in [-0.1, -0.05) is 0 Å². The number of ether oxygens (including phenoxy) is 2. The normalized spacial score (nSPS) is 11.1. The van der Waals surface area contributed by atoms with Crippen LogP contribution >= 0.6 is 22.6 Å². The molecule has 1 aromatic heterocycles. The Kier molecular flexibility index (Phi) is 5.69. The summed E-state index contributed by atoms with van der Waals surface area (Å²) in [5, 5.41) is 10.7. The number of carbonyl (C=O) groups is 1. The van der Waals surface area contributed by atoms with Crippen molar-refractivity contribution in [1.29, 1.82) is 0 Å². The lowest BCUT2D eigenvalue weighted by Gasteiger charge is -2.13. The number of alkyl halides is 3. The summed E-state index contributed by atoms with van der Waals surface area (Å²) in [6.07, 6.45) is -4.90. The van der Waals surface area contributed by atoms with Crippen LogP contribution in [0.1, 0.15) is 12.6 Å². The third-order valence-corrected chi connectivity index (χ3v) is 3.10. The van der Waals surface area contributed by atoms with Gasteiger partial charge in [0.1, 0.15) is 9.77 Å². The topological polar surface area (TPSA) is 91.6 Å². The number of carbonyl (C=O) groups excluding carboxylic acids is 1. The Hall–Kier alpha value is -1.66. The molecule has 0 aliphatic carbocycles. The average Bonchev–Trinajstić information content (AvgIpc) is 2.32. The molecule has 7 nitrogen and oxygen atoms in total. The van der Waals surface area contributed by atoms with Crippen molar-refractivity contribution in [2.24, 2.45) is 0 Å². The Balaban J connectivity index is 3.26. The lowest BCUT2D eigenvalue weighted by molar-refractivity contribution is -0.386. The van der Waals surface area contributed by atoms with Gasteiger partial charge in [0.15, 0.2) is 5.75 Å². The second-order valence-electron chi connectivity index (χ2n) is 3.52. The second kappa shape index (κ2) is 6.87. The van der Waals surface area contributed by atoms with E-state index in [-0.39, 0.29) is 12.3 Å². The van der Waals surface area contributed by atoms with E-state index in [1.165, 1.54) is 29.5 Å². The smallest absolute Gasteiger partial charge is 0.466 e. The molecule has 0 radical (unpaired) electrons. The van der Waals surface area contributed by atoms with Crippen LogP contribution in [0, 0.1) is 13.7 Å². The molecular weight excluding hydrogens is 412 g/mol. The fourth-order valence-electron chi connectivity index (χ4n) is 1.32. The van der Waals surface area contributed by atoms with Crippen molar-refractivity contribution in [2.75, 3.05) is 6.61 Å². The van der Waals surface area contributed by atoms with Crippen LogP contribution in [0.5, 0.6) is 5.75 Å². The third kappa shape index (κ3) is 4.99. The molecule has 1 aromatic rings. The summed E-state index contributed by atoms with van der Waals surface area (Å²) in [7, 11) is 0. The van der Waals surface area contributed by atoms with Crippen LogP contribution in [-0.4, -0.2) is 28.8 Å². The molecule has 0 amide bonds. The number of hydrogen-bond acceptors (Lipinski definition) is 6. The molecule has 1 rings (SSSR count). The Morgan fingerprint density at radius 1 is 1.52 bits per heavy atom. The van der Waals surface area contributed by atoms with Gasteiger partial charge in [-0.2, -0.15) is 0 Å². The van der Waals surface area contributed by atoms with E-state index in [0.29, 0.717) is 0 Å². The lowest BCUT2D eigenvalue weighted by atomic mass is 10.2. The third-order valence-electron chi connectivity index (χ3n) is 2.06. The Bertz CT molecular complexity index is 564. The molecule has 0 aliphatic heterocycles. The van der Waals surface area contributed by atoms with Crippen LogP contribution < -0.4 is 4.74 Å². The van der Waals surface area contributed by atoms with E-state index in [0.717, 1.165) is 6.20 Å². The highest BCUT2D eigenvalue weighted by molar-refractivity contribution is 14.1. The molecule has 21 heavy (non-hydrogen) atoms. The van der Waals surface area contributed by atoms with Gasteiger partial charge in [-0.15, -0.1) is 13.2 Å². The number of hydrogen-bond donors (Lipinski definition) is 0. The molecule has 0 N–H and O–H groups in total. The minimum atomic E-state index is -5.07. The zero-order valence-corrected chi connectivity index (χ0v) is 12.6. The summed E-state index contributed by atoms with van der Waals surface area (Å²) in [6, 6.07) is 0. The highest BCUT2D eigenvalue weighted by Crippen LogP contribution is 2.35. The van der Waals surface area contributed by atoms with E-state index in [4.69, 9.17) is 0 Å². The fraction of sp³-hybridized carbons (Fsp3) is 0.400. The molecule has 0 aliphatic rings. The first kappa shape index (κ1) is 17.4. The van der Waals surface area contributed by atoms with Crippen molar-refractivity contribution in [2.45, 2.75) is 19.7 Å². The molecule has 0 spiro atoms. The lowest BCUT2D eigenvalue weighted by Crippen LogP contribution is -2.21. The molecule has 0 aromatic carbocycles. The molecule has 0 saturated carbocycles. The van der Waals surface area contributed by atoms with Gasteiger partial charge in [0.05, 0.1) is 23.6 Å². The quantitative estimate of drug-likeness (QED) is 0.315. The monoisotopic (exact) mass is 420 g/mol. The maximum Gasteiger partial charge on any atom is 0.573 e. The first-order chi connectivity index (χ1) is 9.65. The molecule has 11 heteroatoms. The maximum absolute atomic E-state index is 12.4. The van der Waals surface area contributed by atoms with Crippen LogP contribution in [0.3, 0.4) is 0 Å². The molecule has 0 saturated heterocycles. The minimum Gasteiger partial charge on any atom is -0.466 e. The Morgan fingerprint density at radius 2 is 2.14 bits per heavy atom. The van der Waals surface area contributed by atoms with E-state index in [9.17, 15) is 28.1 Å². The second-order valence-corrected chi connectivity index (χ2v) is 4.60. The van der Waals surface area contributed by atoms with Crippen LogP contribution in [-0.2, 0) is 16.0 Å². The van der Waals surface area contributed by atoms with Gasteiger partial charge >= 0.3 is 18.0 Å². The van der Waals surface area contributed by atoms with Gasteiger partial charge < -0.3 is 9.47 Å². The number of nitrogens with zero attached hydrogens (tertiary/aromatic N) is 2. The SMILES string of the molecule is CCOC(=O)Cc1ncc([N+](=O)[O-])c(I)c1OC(F)(F)F. The van der Waals surface area contributed by atoms with Crippen molar-refractivity contribution >= 4 is 34.2 Å². The van der Waals surface area contributed by atoms with Crippen molar-refractivity contribution in [3.63, 3.8) is 0 Å². The molecule has 0 fully saturated rings. The highest BCUT2D eigenvalue weighted by Gasteiger charge is 2.35. The van der Waals surface area contributed by atoms with Crippen LogP contribution in [0.4, 0.5) is 18.9 Å². The van der Waals surface area contributed by atoms with Crippen molar-refractivity contribution in [3.8, 4) is 5.75 Å². The van der Waals surface area contributed by atoms with E-state index in [1.807, 2.05) is 0 Å². The van der Waals surface area contributed by atoms with Crippen LogP contribution in [0.2, 0.25) is 0 Å². The summed E-state index contributed by atoms with van der Waals surface area (Å²) < 4.78 is 45.1. The molecular formula is C10H8F3IN2O5. The first-order valence-corrected chi connectivity index (χ1v) is 6.46. The fourth-order valence-corrected chi connectivity index (χ4v) is 2.08. The van der Waals surface area contributed by atoms with Crippen LogP contribution in [0.15, 0.2) is 6.20 Å². The largest absolute Gasteiger partial charge is 0.573 e. The maximum atomic E-state index is 12.4. The summed E-state index contributed by atoms with van der Waals surface area (Å²) in [6.45, 7) is 1.57. The van der Waals surface area contributed by atoms with Gasteiger partial charge in [-0.25, -0.2) is 4.98 Å². The summed E-state index contributed by atoms with van der Waals surface area (Å²) in [5.74, 6) is -1.69. The summed E-state index contributed by atoms with van der Waals surface area (Å²) in [4.78, 5) is 24.6. The zero-order chi connectivity index (χ0) is 16.2. The number of pyridine rings is 1. The van der Waals surface area contributed by atoms with E-state index in [1.54, 1.807) is 0 Å². The van der Waals surface area contributed by atoms with Crippen LogP contribution in [0.25, 0.3) is 0 Å². The average molecular weight is 420 g/mol. The Morgan fingerprint density at radius 3 is 2.62 bits per heavy atom. The van der Waals surface area contributed by atoms with Gasteiger partial charge in [-0.05, 0) is 29.5 Å². The van der Waals surface area contributed by atoms with Crippen molar-refractivity contribution < 1.29 is 32.4 Å². The highest BCUT2D eigenvalue weighted by atomic mass is 127. The molecule has 0 bridgehead atoms. The number of rotatable bonds is 5. The van der Waals surface area contributed by atoms with Gasteiger partial charge in [0.2, 0.25) is 0 Å².